The molecule has 0 saturated carbocycles. The summed E-state index contributed by atoms with van der Waals surface area (Å²) >= 11 is 0. The van der Waals surface area contributed by atoms with Crippen molar-refractivity contribution < 1.29 is 9.59 Å². The Balaban J connectivity index is 1.30. The molecule has 0 unspecified atom stereocenters. The van der Waals surface area contributed by atoms with Crippen molar-refractivity contribution >= 4 is 17.6 Å². The maximum atomic E-state index is 13.0. The van der Waals surface area contributed by atoms with Gasteiger partial charge in [-0.2, -0.15) is 0 Å². The van der Waals surface area contributed by atoms with Gasteiger partial charge in [0.15, 0.2) is 5.82 Å². The van der Waals surface area contributed by atoms with Crippen LogP contribution < -0.4 is 4.90 Å². The van der Waals surface area contributed by atoms with Crippen molar-refractivity contribution in [3.8, 4) is 11.3 Å². The van der Waals surface area contributed by atoms with E-state index in [2.05, 4.69) is 46.3 Å². The molecule has 1 aliphatic heterocycles. The first-order valence-electron chi connectivity index (χ1n) is 12.3. The number of benzene rings is 2. The summed E-state index contributed by atoms with van der Waals surface area (Å²) in [5.41, 5.74) is 4.27. The number of hydrogen-bond donors (Lipinski definition) is 0. The van der Waals surface area contributed by atoms with E-state index in [4.69, 9.17) is 0 Å². The van der Waals surface area contributed by atoms with Crippen LogP contribution in [0.1, 0.15) is 24.5 Å². The van der Waals surface area contributed by atoms with Crippen LogP contribution in [0.4, 0.5) is 5.82 Å². The molecule has 7 heteroatoms. The molecular formula is C28H33N5O2. The summed E-state index contributed by atoms with van der Waals surface area (Å²) in [5, 5.41) is 8.83. The summed E-state index contributed by atoms with van der Waals surface area (Å²) in [6, 6.07) is 22.3. The summed E-state index contributed by atoms with van der Waals surface area (Å²) in [6.07, 6.45) is 1.14. The zero-order chi connectivity index (χ0) is 24.6. The third-order valence-electron chi connectivity index (χ3n) is 6.45. The molecule has 4 rings (SSSR count). The van der Waals surface area contributed by atoms with Crippen LogP contribution in [0.15, 0.2) is 66.7 Å². The first-order valence-corrected chi connectivity index (χ1v) is 12.3. The van der Waals surface area contributed by atoms with Gasteiger partial charge < -0.3 is 14.7 Å². The van der Waals surface area contributed by atoms with Crippen LogP contribution in [0.5, 0.6) is 0 Å². The largest absolute Gasteiger partial charge is 0.352 e. The van der Waals surface area contributed by atoms with E-state index in [1.165, 1.54) is 5.56 Å². The van der Waals surface area contributed by atoms with Crippen LogP contribution in [-0.4, -0.2) is 71.1 Å². The Hall–Kier alpha value is -3.74. The van der Waals surface area contributed by atoms with Crippen LogP contribution in [0.2, 0.25) is 0 Å². The van der Waals surface area contributed by atoms with Gasteiger partial charge in [-0.25, -0.2) is 0 Å². The third kappa shape index (κ3) is 6.44. The van der Waals surface area contributed by atoms with Gasteiger partial charge in [-0.1, -0.05) is 67.1 Å². The molecule has 0 aliphatic carbocycles. The number of rotatable bonds is 8. The van der Waals surface area contributed by atoms with Crippen LogP contribution in [0, 0.1) is 6.92 Å². The lowest BCUT2D eigenvalue weighted by atomic mass is 10.1. The predicted octanol–water partition coefficient (Wildman–Crippen LogP) is 3.58. The zero-order valence-corrected chi connectivity index (χ0v) is 20.6. The van der Waals surface area contributed by atoms with Crippen LogP contribution in [0.25, 0.3) is 11.3 Å². The van der Waals surface area contributed by atoms with E-state index in [-0.39, 0.29) is 18.4 Å². The normalized spacial score (nSPS) is 13.5. The fraction of sp³-hybridized carbons (Fsp3) is 0.357. The Morgan fingerprint density at radius 1 is 0.886 bits per heavy atom. The Morgan fingerprint density at radius 2 is 1.60 bits per heavy atom. The molecule has 2 amide bonds. The van der Waals surface area contributed by atoms with E-state index in [9.17, 15) is 9.59 Å². The third-order valence-corrected chi connectivity index (χ3v) is 6.45. The zero-order valence-electron chi connectivity index (χ0n) is 20.6. The molecule has 0 bridgehead atoms. The quantitative estimate of drug-likeness (QED) is 0.502. The van der Waals surface area contributed by atoms with Gasteiger partial charge in [0.1, 0.15) is 0 Å². The Morgan fingerprint density at radius 3 is 2.23 bits per heavy atom. The number of piperazine rings is 1. The summed E-state index contributed by atoms with van der Waals surface area (Å²) in [6.45, 7) is 7.17. The van der Waals surface area contributed by atoms with Crippen LogP contribution >= 0.6 is 0 Å². The van der Waals surface area contributed by atoms with E-state index in [1.54, 1.807) is 4.90 Å². The number of aromatic nitrogens is 2. The summed E-state index contributed by atoms with van der Waals surface area (Å²) in [7, 11) is 0. The maximum absolute atomic E-state index is 13.0. The molecule has 2 aromatic carbocycles. The van der Waals surface area contributed by atoms with Crippen molar-refractivity contribution in [1.29, 1.82) is 0 Å². The van der Waals surface area contributed by atoms with E-state index in [0.29, 0.717) is 39.1 Å². The smallest absolute Gasteiger partial charge is 0.242 e. The topological polar surface area (TPSA) is 69.6 Å². The first-order chi connectivity index (χ1) is 17.0. The van der Waals surface area contributed by atoms with Crippen molar-refractivity contribution in [3.05, 3.63) is 77.9 Å². The Bertz CT molecular complexity index is 1110. The minimum Gasteiger partial charge on any atom is -0.352 e. The van der Waals surface area contributed by atoms with Crippen molar-refractivity contribution in [1.82, 2.24) is 20.0 Å². The molecule has 1 saturated heterocycles. The average Bonchev–Trinajstić information content (AvgIpc) is 2.91. The lowest BCUT2D eigenvalue weighted by Crippen LogP contribution is -2.52. The van der Waals surface area contributed by atoms with Gasteiger partial charge in [-0.05, 0) is 31.0 Å². The molecule has 3 aromatic rings. The van der Waals surface area contributed by atoms with Gasteiger partial charge in [-0.3, -0.25) is 9.59 Å². The standard InChI is InChI=1S/C28H33N5O2/c1-3-27(34)33(16-15-23-7-5-4-6-8-23)21-28(35)32-19-17-31(18-20-32)26-14-13-25(29-30-26)24-11-9-22(2)10-12-24/h4-14H,3,15-21H2,1-2H3. The van der Waals surface area contributed by atoms with Gasteiger partial charge in [0.25, 0.3) is 0 Å². The highest BCUT2D eigenvalue weighted by Gasteiger charge is 2.25. The number of amides is 2. The Labute approximate surface area is 207 Å². The number of nitrogens with zero attached hydrogens (tertiary/aromatic N) is 5. The average molecular weight is 472 g/mol. The molecule has 2 heterocycles. The second kappa shape index (κ2) is 11.6. The summed E-state index contributed by atoms with van der Waals surface area (Å²) in [5.74, 6) is 0.829. The highest BCUT2D eigenvalue weighted by molar-refractivity contribution is 5.85. The number of carbonyl (C=O) groups excluding carboxylic acids is 2. The molecule has 0 atom stereocenters. The number of hydrogen-bond acceptors (Lipinski definition) is 5. The summed E-state index contributed by atoms with van der Waals surface area (Å²) < 4.78 is 0. The van der Waals surface area contributed by atoms with Gasteiger partial charge in [0.2, 0.25) is 11.8 Å². The molecular weight excluding hydrogens is 438 g/mol. The molecule has 1 fully saturated rings. The van der Waals surface area contributed by atoms with Gasteiger partial charge >= 0.3 is 0 Å². The molecule has 0 radical (unpaired) electrons. The van der Waals surface area contributed by atoms with Crippen molar-refractivity contribution in [3.63, 3.8) is 0 Å². The number of aryl methyl sites for hydroxylation is 1. The van der Waals surface area contributed by atoms with E-state index in [0.717, 1.165) is 29.1 Å². The van der Waals surface area contributed by atoms with E-state index < -0.39 is 0 Å². The minimum atomic E-state index is 0.000292. The van der Waals surface area contributed by atoms with Gasteiger partial charge in [0, 0.05) is 44.7 Å². The predicted molar refractivity (Wildman–Crippen MR) is 138 cm³/mol. The molecule has 7 nitrogen and oxygen atoms in total. The highest BCUT2D eigenvalue weighted by Crippen LogP contribution is 2.20. The van der Waals surface area contributed by atoms with Crippen molar-refractivity contribution in [2.24, 2.45) is 0 Å². The summed E-state index contributed by atoms with van der Waals surface area (Å²) in [4.78, 5) is 31.2. The first kappa shape index (κ1) is 24.4. The number of anilines is 1. The van der Waals surface area contributed by atoms with Gasteiger partial charge in [-0.15, -0.1) is 10.2 Å². The minimum absolute atomic E-state index is 0.000292. The molecule has 0 N–H and O–H groups in total. The second-order valence-corrected chi connectivity index (χ2v) is 8.92. The van der Waals surface area contributed by atoms with E-state index >= 15 is 0 Å². The highest BCUT2D eigenvalue weighted by atomic mass is 16.2. The van der Waals surface area contributed by atoms with Crippen LogP contribution in [-0.2, 0) is 16.0 Å². The molecule has 182 valence electrons. The molecule has 1 aliphatic rings. The molecule has 0 spiro atoms. The van der Waals surface area contributed by atoms with Gasteiger partial charge in [0.05, 0.1) is 12.2 Å². The lowest BCUT2D eigenvalue weighted by Gasteiger charge is -2.36. The number of carbonyl (C=O) groups is 2. The second-order valence-electron chi connectivity index (χ2n) is 8.92. The van der Waals surface area contributed by atoms with Crippen molar-refractivity contribution in [2.75, 3.05) is 44.2 Å². The SMILES string of the molecule is CCC(=O)N(CCc1ccccc1)CC(=O)N1CCN(c2ccc(-c3ccc(C)cc3)nn2)CC1. The van der Waals surface area contributed by atoms with Crippen molar-refractivity contribution in [2.45, 2.75) is 26.7 Å². The molecule has 1 aromatic heterocycles. The lowest BCUT2D eigenvalue weighted by molar-refractivity contribution is -0.140. The maximum Gasteiger partial charge on any atom is 0.242 e. The van der Waals surface area contributed by atoms with E-state index in [1.807, 2.05) is 54.3 Å². The molecule has 35 heavy (non-hydrogen) atoms. The van der Waals surface area contributed by atoms with Crippen LogP contribution in [0.3, 0.4) is 0 Å². The fourth-order valence-corrected chi connectivity index (χ4v) is 4.24. The monoisotopic (exact) mass is 471 g/mol. The Kier molecular flexibility index (Phi) is 8.08. The fourth-order valence-electron chi connectivity index (χ4n) is 4.24.